The van der Waals surface area contributed by atoms with Crippen LogP contribution in [0.2, 0.25) is 0 Å². The van der Waals surface area contributed by atoms with Crippen molar-refractivity contribution in [2.75, 3.05) is 22.5 Å². The summed E-state index contributed by atoms with van der Waals surface area (Å²) >= 11 is 1.07. The summed E-state index contributed by atoms with van der Waals surface area (Å²) in [6.45, 7) is 4.53. The fraction of sp³-hybridized carbons (Fsp3) is 0.364. The van der Waals surface area contributed by atoms with E-state index in [-0.39, 0.29) is 23.8 Å². The SMILES string of the molecule is CCCCN(C(=O)c1ccc(NC(=O)c2ccco2)s1)c1c(N)n(CCCC)c(=O)[nH]c1=O. The molecule has 33 heavy (non-hydrogen) atoms. The van der Waals surface area contributed by atoms with Crippen LogP contribution in [0.15, 0.2) is 44.5 Å². The first-order valence-corrected chi connectivity index (χ1v) is 11.6. The van der Waals surface area contributed by atoms with E-state index in [4.69, 9.17) is 10.2 Å². The number of aromatic nitrogens is 2. The van der Waals surface area contributed by atoms with Gasteiger partial charge in [0.05, 0.1) is 16.1 Å². The summed E-state index contributed by atoms with van der Waals surface area (Å²) in [6.07, 6.45) is 4.34. The molecule has 11 heteroatoms. The summed E-state index contributed by atoms with van der Waals surface area (Å²) in [4.78, 5) is 54.5. The molecule has 3 aromatic rings. The molecule has 4 N–H and O–H groups in total. The molecule has 0 unspecified atom stereocenters. The minimum absolute atomic E-state index is 0.0374. The Bertz CT molecular complexity index is 1220. The predicted octanol–water partition coefficient (Wildman–Crippen LogP) is 3.27. The maximum Gasteiger partial charge on any atom is 0.330 e. The van der Waals surface area contributed by atoms with E-state index in [2.05, 4.69) is 10.3 Å². The largest absolute Gasteiger partial charge is 0.459 e. The van der Waals surface area contributed by atoms with Gasteiger partial charge in [0.2, 0.25) is 0 Å². The highest BCUT2D eigenvalue weighted by atomic mass is 32.1. The smallest absolute Gasteiger partial charge is 0.330 e. The number of carbonyl (C=O) groups excluding carboxylic acids is 2. The molecule has 2 amide bonds. The van der Waals surface area contributed by atoms with Crippen LogP contribution in [0.5, 0.6) is 0 Å². The summed E-state index contributed by atoms with van der Waals surface area (Å²) in [5.41, 5.74) is 4.87. The second-order valence-corrected chi connectivity index (χ2v) is 8.49. The molecular weight excluding hydrogens is 446 g/mol. The van der Waals surface area contributed by atoms with Crippen molar-refractivity contribution in [2.24, 2.45) is 0 Å². The van der Waals surface area contributed by atoms with Gasteiger partial charge in [0.1, 0.15) is 5.82 Å². The Kier molecular flexibility index (Phi) is 7.88. The molecule has 0 radical (unpaired) electrons. The van der Waals surface area contributed by atoms with Crippen LogP contribution in [0.1, 0.15) is 59.8 Å². The fourth-order valence-electron chi connectivity index (χ4n) is 3.24. The number of unbranched alkanes of at least 4 members (excludes halogenated alkanes) is 2. The third-order valence-corrected chi connectivity index (χ3v) is 5.99. The Balaban J connectivity index is 1.93. The molecule has 0 aliphatic rings. The molecule has 0 spiro atoms. The summed E-state index contributed by atoms with van der Waals surface area (Å²) in [7, 11) is 0. The van der Waals surface area contributed by atoms with Gasteiger partial charge < -0.3 is 15.5 Å². The molecule has 0 aliphatic heterocycles. The lowest BCUT2D eigenvalue weighted by atomic mass is 10.2. The van der Waals surface area contributed by atoms with Crippen molar-refractivity contribution in [1.29, 1.82) is 0 Å². The molecular formula is C22H27N5O5S. The number of carbonyl (C=O) groups is 2. The molecule has 0 aromatic carbocycles. The zero-order valence-corrected chi connectivity index (χ0v) is 19.4. The third-order valence-electron chi connectivity index (χ3n) is 5.00. The van der Waals surface area contributed by atoms with Crippen LogP contribution in [0, 0.1) is 0 Å². The number of thiophene rings is 1. The average molecular weight is 474 g/mol. The molecule has 3 aromatic heterocycles. The topological polar surface area (TPSA) is 143 Å². The number of rotatable bonds is 10. The van der Waals surface area contributed by atoms with Crippen LogP contribution in [-0.2, 0) is 6.54 Å². The fourth-order valence-corrected chi connectivity index (χ4v) is 4.09. The van der Waals surface area contributed by atoms with Crippen LogP contribution in [0.25, 0.3) is 0 Å². The molecule has 176 valence electrons. The standard InChI is InChI=1S/C22H27N5O5S/c1-3-5-11-26(17-18(23)27(12-6-4-2)22(31)25-20(17)29)21(30)15-9-10-16(33-15)24-19(28)14-8-7-13-32-14/h7-10,13H,3-6,11-12,23H2,1-2H3,(H,24,28)(H,25,29,31). The van der Waals surface area contributed by atoms with Crippen molar-refractivity contribution in [3.8, 4) is 0 Å². The molecule has 0 bridgehead atoms. The minimum atomic E-state index is -0.711. The molecule has 0 atom stereocenters. The quantitative estimate of drug-likeness (QED) is 0.412. The lowest BCUT2D eigenvalue weighted by Crippen LogP contribution is -2.41. The highest BCUT2D eigenvalue weighted by molar-refractivity contribution is 7.18. The Morgan fingerprint density at radius 1 is 1.18 bits per heavy atom. The summed E-state index contributed by atoms with van der Waals surface area (Å²) in [5.74, 6) is -0.767. The normalized spacial score (nSPS) is 10.8. The van der Waals surface area contributed by atoms with E-state index in [1.807, 2.05) is 13.8 Å². The molecule has 0 fully saturated rings. The Morgan fingerprint density at radius 2 is 1.94 bits per heavy atom. The van der Waals surface area contributed by atoms with Crippen LogP contribution in [-0.4, -0.2) is 27.9 Å². The van der Waals surface area contributed by atoms with Crippen molar-refractivity contribution in [3.05, 3.63) is 62.0 Å². The Labute approximate surface area is 194 Å². The second-order valence-electron chi connectivity index (χ2n) is 7.40. The van der Waals surface area contributed by atoms with E-state index < -0.39 is 23.1 Å². The first-order chi connectivity index (χ1) is 15.9. The maximum absolute atomic E-state index is 13.4. The number of furan rings is 1. The number of H-pyrrole nitrogens is 1. The lowest BCUT2D eigenvalue weighted by molar-refractivity contribution is 0.0985. The first-order valence-electron chi connectivity index (χ1n) is 10.8. The number of hydrogen-bond donors (Lipinski definition) is 3. The number of nitrogens with two attached hydrogens (primary N) is 1. The predicted molar refractivity (Wildman–Crippen MR) is 128 cm³/mol. The number of nitrogens with one attached hydrogen (secondary N) is 2. The monoisotopic (exact) mass is 473 g/mol. The molecule has 0 saturated carbocycles. The molecule has 3 rings (SSSR count). The van der Waals surface area contributed by atoms with E-state index in [0.29, 0.717) is 29.3 Å². The Hall–Kier alpha value is -3.60. The summed E-state index contributed by atoms with van der Waals surface area (Å²) in [6, 6.07) is 6.31. The van der Waals surface area contributed by atoms with Gasteiger partial charge in [-0.3, -0.25) is 28.8 Å². The van der Waals surface area contributed by atoms with Crippen molar-refractivity contribution in [1.82, 2.24) is 9.55 Å². The minimum Gasteiger partial charge on any atom is -0.459 e. The van der Waals surface area contributed by atoms with Gasteiger partial charge in [-0.25, -0.2) is 4.79 Å². The third kappa shape index (κ3) is 5.43. The summed E-state index contributed by atoms with van der Waals surface area (Å²) < 4.78 is 6.36. The van der Waals surface area contributed by atoms with E-state index >= 15 is 0 Å². The molecule has 10 nitrogen and oxygen atoms in total. The van der Waals surface area contributed by atoms with Gasteiger partial charge in [0, 0.05) is 13.1 Å². The van der Waals surface area contributed by atoms with Crippen molar-refractivity contribution >= 4 is 39.7 Å². The molecule has 0 saturated heterocycles. The molecule has 3 heterocycles. The van der Waals surface area contributed by atoms with Crippen LogP contribution in [0.4, 0.5) is 16.5 Å². The van der Waals surface area contributed by atoms with Crippen molar-refractivity contribution in [3.63, 3.8) is 0 Å². The van der Waals surface area contributed by atoms with Gasteiger partial charge in [0.15, 0.2) is 11.4 Å². The number of nitrogen functional groups attached to an aromatic ring is 1. The zero-order valence-electron chi connectivity index (χ0n) is 18.6. The lowest BCUT2D eigenvalue weighted by Gasteiger charge is -2.24. The number of hydrogen-bond acceptors (Lipinski definition) is 7. The Morgan fingerprint density at radius 3 is 2.61 bits per heavy atom. The number of anilines is 3. The van der Waals surface area contributed by atoms with Gasteiger partial charge in [0.25, 0.3) is 17.4 Å². The van der Waals surface area contributed by atoms with Crippen molar-refractivity contribution in [2.45, 2.75) is 46.1 Å². The van der Waals surface area contributed by atoms with Gasteiger partial charge in [-0.05, 0) is 37.1 Å². The van der Waals surface area contributed by atoms with Crippen molar-refractivity contribution < 1.29 is 14.0 Å². The summed E-state index contributed by atoms with van der Waals surface area (Å²) in [5, 5.41) is 3.13. The first kappa shape index (κ1) is 24.1. The van der Waals surface area contributed by atoms with E-state index in [0.717, 1.165) is 24.2 Å². The number of amides is 2. The van der Waals surface area contributed by atoms with Crippen LogP contribution in [0.3, 0.4) is 0 Å². The van der Waals surface area contributed by atoms with Crippen LogP contribution < -0.4 is 27.2 Å². The average Bonchev–Trinajstić information content (AvgIpc) is 3.47. The number of aromatic amines is 1. The van der Waals surface area contributed by atoms with E-state index in [1.54, 1.807) is 18.2 Å². The number of nitrogens with zero attached hydrogens (tertiary/aromatic N) is 2. The highest BCUT2D eigenvalue weighted by Gasteiger charge is 2.26. The van der Waals surface area contributed by atoms with Gasteiger partial charge in [-0.15, -0.1) is 11.3 Å². The van der Waals surface area contributed by atoms with Crippen LogP contribution >= 0.6 is 11.3 Å². The van der Waals surface area contributed by atoms with Gasteiger partial charge in [-0.1, -0.05) is 26.7 Å². The van der Waals surface area contributed by atoms with E-state index in [1.165, 1.54) is 21.8 Å². The maximum atomic E-state index is 13.4. The van der Waals surface area contributed by atoms with E-state index in [9.17, 15) is 19.2 Å². The van der Waals surface area contributed by atoms with Gasteiger partial charge >= 0.3 is 5.69 Å². The zero-order chi connectivity index (χ0) is 24.0. The highest BCUT2D eigenvalue weighted by Crippen LogP contribution is 2.27. The van der Waals surface area contributed by atoms with Gasteiger partial charge in [-0.2, -0.15) is 0 Å². The second kappa shape index (κ2) is 10.8. The molecule has 0 aliphatic carbocycles.